The molecule has 0 unspecified atom stereocenters. The van der Waals surface area contributed by atoms with Gasteiger partial charge in [-0.25, -0.2) is 13.2 Å². The second-order valence-corrected chi connectivity index (χ2v) is 8.96. The lowest BCUT2D eigenvalue weighted by molar-refractivity contribution is 0.0697. The van der Waals surface area contributed by atoms with Gasteiger partial charge in [-0.3, -0.25) is 4.72 Å². The zero-order chi connectivity index (χ0) is 21.9. The van der Waals surface area contributed by atoms with Gasteiger partial charge in [0.05, 0.1) is 16.1 Å². The van der Waals surface area contributed by atoms with Crippen molar-refractivity contribution in [1.29, 1.82) is 0 Å². The molecule has 0 atom stereocenters. The number of rotatable bonds is 7. The van der Waals surface area contributed by atoms with E-state index in [0.717, 1.165) is 0 Å². The van der Waals surface area contributed by atoms with Crippen LogP contribution in [0.1, 0.15) is 35.7 Å². The molecular weight excluding hydrogens is 426 g/mol. The van der Waals surface area contributed by atoms with Crippen LogP contribution in [0.3, 0.4) is 0 Å². The molecule has 30 heavy (non-hydrogen) atoms. The Balaban J connectivity index is 1.95. The minimum Gasteiger partial charge on any atom is -0.478 e. The predicted molar refractivity (Wildman–Crippen MR) is 116 cm³/mol. The van der Waals surface area contributed by atoms with Crippen molar-refractivity contribution in [3.05, 3.63) is 82.9 Å². The lowest BCUT2D eigenvalue weighted by Gasteiger charge is -2.17. The third-order valence-corrected chi connectivity index (χ3v) is 6.02. The van der Waals surface area contributed by atoms with E-state index in [1.807, 2.05) is 13.8 Å². The summed E-state index contributed by atoms with van der Waals surface area (Å²) in [5, 5.41) is 9.37. The summed E-state index contributed by atoms with van der Waals surface area (Å²) < 4.78 is 34.5. The van der Waals surface area contributed by atoms with Crippen molar-refractivity contribution in [3.8, 4) is 11.5 Å². The molecule has 0 fully saturated rings. The first-order valence-corrected chi connectivity index (χ1v) is 11.0. The Hall–Kier alpha value is -3.03. The van der Waals surface area contributed by atoms with Gasteiger partial charge in [-0.1, -0.05) is 43.6 Å². The Labute approximate surface area is 180 Å². The number of carbonyl (C=O) groups is 1. The Morgan fingerprint density at radius 3 is 2.33 bits per heavy atom. The third-order valence-electron chi connectivity index (χ3n) is 4.35. The molecule has 0 aliphatic heterocycles. The second kappa shape index (κ2) is 8.77. The first-order chi connectivity index (χ1) is 14.2. The van der Waals surface area contributed by atoms with E-state index in [0.29, 0.717) is 16.3 Å². The number of carboxylic acids is 1. The summed E-state index contributed by atoms with van der Waals surface area (Å²) in [4.78, 5) is 11.2. The molecule has 0 heterocycles. The number of anilines is 1. The Morgan fingerprint density at radius 1 is 1.03 bits per heavy atom. The highest BCUT2D eigenvalue weighted by atomic mass is 35.5. The monoisotopic (exact) mass is 445 g/mol. The Bertz CT molecular complexity index is 1170. The molecule has 0 radical (unpaired) electrons. The van der Waals surface area contributed by atoms with Crippen molar-refractivity contribution in [1.82, 2.24) is 0 Å². The van der Waals surface area contributed by atoms with E-state index in [-0.39, 0.29) is 27.8 Å². The molecule has 3 aromatic rings. The lowest BCUT2D eigenvalue weighted by atomic mass is 10.0. The fourth-order valence-electron chi connectivity index (χ4n) is 2.86. The predicted octanol–water partition coefficient (Wildman–Crippen LogP) is 5.75. The highest BCUT2D eigenvalue weighted by Gasteiger charge is 2.21. The number of ether oxygens (including phenoxy) is 1. The Morgan fingerprint density at radius 2 is 1.70 bits per heavy atom. The third kappa shape index (κ3) is 4.93. The molecule has 0 spiro atoms. The zero-order valence-corrected chi connectivity index (χ0v) is 17.9. The van der Waals surface area contributed by atoms with Crippen molar-refractivity contribution in [2.24, 2.45) is 0 Å². The van der Waals surface area contributed by atoms with Crippen LogP contribution in [0.2, 0.25) is 5.02 Å². The molecule has 0 aliphatic carbocycles. The van der Waals surface area contributed by atoms with Crippen molar-refractivity contribution in [2.75, 3.05) is 4.72 Å². The molecule has 0 saturated heterocycles. The summed E-state index contributed by atoms with van der Waals surface area (Å²) in [7, 11) is -3.89. The van der Waals surface area contributed by atoms with E-state index in [9.17, 15) is 13.2 Å². The molecule has 8 heteroatoms. The first-order valence-electron chi connectivity index (χ1n) is 9.10. The minimum atomic E-state index is -3.89. The normalized spacial score (nSPS) is 11.3. The van der Waals surface area contributed by atoms with Gasteiger partial charge in [0.15, 0.2) is 5.75 Å². The Kier molecular flexibility index (Phi) is 6.34. The van der Waals surface area contributed by atoms with Gasteiger partial charge >= 0.3 is 5.97 Å². The summed E-state index contributed by atoms with van der Waals surface area (Å²) in [5.74, 6) is -0.505. The topological polar surface area (TPSA) is 92.7 Å². The number of hydrogen-bond acceptors (Lipinski definition) is 4. The fourth-order valence-corrected chi connectivity index (χ4v) is 4.46. The standard InChI is InChI=1S/C22H20ClNO5S/c1-14(2)18-5-3-4-6-21(18)30(27,28)24-19-12-9-16(23)13-20(19)29-17-10-7-15(8-11-17)22(25)26/h3-14,24H,1-2H3,(H,25,26). The smallest absolute Gasteiger partial charge is 0.335 e. The molecule has 0 aromatic heterocycles. The van der Waals surface area contributed by atoms with E-state index < -0.39 is 16.0 Å². The van der Waals surface area contributed by atoms with Gasteiger partial charge in [0.25, 0.3) is 10.0 Å². The van der Waals surface area contributed by atoms with Gasteiger partial charge < -0.3 is 9.84 Å². The van der Waals surface area contributed by atoms with Crippen LogP contribution in [0.4, 0.5) is 5.69 Å². The second-order valence-electron chi connectivity index (χ2n) is 6.87. The van der Waals surface area contributed by atoms with Crippen LogP contribution in [-0.4, -0.2) is 19.5 Å². The van der Waals surface area contributed by atoms with Crippen molar-refractivity contribution >= 4 is 33.3 Å². The lowest BCUT2D eigenvalue weighted by Crippen LogP contribution is -2.16. The van der Waals surface area contributed by atoms with Crippen molar-refractivity contribution in [2.45, 2.75) is 24.7 Å². The fraction of sp³-hybridized carbons (Fsp3) is 0.136. The molecule has 3 rings (SSSR count). The quantitative estimate of drug-likeness (QED) is 0.482. The average molecular weight is 446 g/mol. The first kappa shape index (κ1) is 21.7. The van der Waals surface area contributed by atoms with Crippen LogP contribution in [-0.2, 0) is 10.0 Å². The number of halogens is 1. The van der Waals surface area contributed by atoms with E-state index in [2.05, 4.69) is 4.72 Å². The van der Waals surface area contributed by atoms with Gasteiger partial charge in [-0.2, -0.15) is 0 Å². The summed E-state index contributed by atoms with van der Waals surface area (Å²) in [6, 6.07) is 17.1. The number of carboxylic acid groups (broad SMARTS) is 1. The number of aromatic carboxylic acids is 1. The molecular formula is C22H20ClNO5S. The van der Waals surface area contributed by atoms with E-state index in [1.54, 1.807) is 30.3 Å². The molecule has 2 N–H and O–H groups in total. The maximum Gasteiger partial charge on any atom is 0.335 e. The SMILES string of the molecule is CC(C)c1ccccc1S(=O)(=O)Nc1ccc(Cl)cc1Oc1ccc(C(=O)O)cc1. The van der Waals surface area contributed by atoms with Gasteiger partial charge in [0.1, 0.15) is 5.75 Å². The number of nitrogens with one attached hydrogen (secondary N) is 1. The van der Waals surface area contributed by atoms with Gasteiger partial charge in [0, 0.05) is 11.1 Å². The van der Waals surface area contributed by atoms with Crippen LogP contribution in [0.5, 0.6) is 11.5 Å². The maximum absolute atomic E-state index is 13.1. The molecule has 0 aliphatic rings. The number of sulfonamides is 1. The van der Waals surface area contributed by atoms with Crippen LogP contribution >= 0.6 is 11.6 Å². The summed E-state index contributed by atoms with van der Waals surface area (Å²) >= 11 is 6.07. The summed E-state index contributed by atoms with van der Waals surface area (Å²) in [5.41, 5.74) is 1.02. The van der Waals surface area contributed by atoms with Crippen molar-refractivity contribution < 1.29 is 23.1 Å². The van der Waals surface area contributed by atoms with Crippen LogP contribution in [0, 0.1) is 0 Å². The van der Waals surface area contributed by atoms with Gasteiger partial charge in [-0.15, -0.1) is 0 Å². The van der Waals surface area contributed by atoms with Crippen LogP contribution < -0.4 is 9.46 Å². The van der Waals surface area contributed by atoms with Crippen molar-refractivity contribution in [3.63, 3.8) is 0 Å². The summed E-state index contributed by atoms with van der Waals surface area (Å²) in [6.45, 7) is 3.85. The molecule has 156 valence electrons. The van der Waals surface area contributed by atoms with E-state index in [4.69, 9.17) is 21.4 Å². The number of benzene rings is 3. The average Bonchev–Trinajstić information content (AvgIpc) is 2.70. The molecule has 0 bridgehead atoms. The highest BCUT2D eigenvalue weighted by molar-refractivity contribution is 7.92. The van der Waals surface area contributed by atoms with Gasteiger partial charge in [0.2, 0.25) is 0 Å². The zero-order valence-electron chi connectivity index (χ0n) is 16.3. The molecule has 6 nitrogen and oxygen atoms in total. The van der Waals surface area contributed by atoms with Crippen LogP contribution in [0.25, 0.3) is 0 Å². The highest BCUT2D eigenvalue weighted by Crippen LogP contribution is 2.34. The van der Waals surface area contributed by atoms with Gasteiger partial charge in [-0.05, 0) is 53.9 Å². The van der Waals surface area contributed by atoms with Crippen LogP contribution in [0.15, 0.2) is 71.6 Å². The molecule has 0 saturated carbocycles. The largest absolute Gasteiger partial charge is 0.478 e. The molecule has 3 aromatic carbocycles. The molecule has 0 amide bonds. The van der Waals surface area contributed by atoms with E-state index >= 15 is 0 Å². The number of hydrogen-bond donors (Lipinski definition) is 2. The maximum atomic E-state index is 13.1. The van der Waals surface area contributed by atoms with E-state index in [1.165, 1.54) is 36.4 Å². The summed E-state index contributed by atoms with van der Waals surface area (Å²) in [6.07, 6.45) is 0. The minimum absolute atomic E-state index is 0.0199.